The Kier molecular flexibility index (Phi) is 6.35. The third-order valence-electron chi connectivity index (χ3n) is 6.30. The maximum Gasteiger partial charge on any atom is 0.224 e. The normalized spacial score (nSPS) is 15.4. The average Bonchev–Trinajstić information content (AvgIpc) is 3.38. The first-order chi connectivity index (χ1) is 16.1. The number of carbonyl (C=O) groups excluding carboxylic acids is 1. The topological polar surface area (TPSA) is 72.3 Å². The van der Waals surface area contributed by atoms with Crippen LogP contribution in [0.25, 0.3) is 0 Å². The third kappa shape index (κ3) is 5.22. The molecule has 0 saturated carbocycles. The van der Waals surface area contributed by atoms with Gasteiger partial charge < -0.3 is 14.6 Å². The van der Waals surface area contributed by atoms with Crippen molar-refractivity contribution in [3.63, 3.8) is 0 Å². The van der Waals surface area contributed by atoms with Crippen LogP contribution in [0.4, 0.5) is 4.39 Å². The van der Waals surface area contributed by atoms with Crippen LogP contribution in [-0.4, -0.2) is 51.8 Å². The van der Waals surface area contributed by atoms with Gasteiger partial charge in [0.05, 0.1) is 13.0 Å². The van der Waals surface area contributed by atoms with E-state index in [1.54, 1.807) is 12.1 Å². The van der Waals surface area contributed by atoms with Crippen molar-refractivity contribution >= 4 is 5.91 Å². The second kappa shape index (κ2) is 9.70. The number of aromatic nitrogens is 3. The van der Waals surface area contributed by atoms with Crippen molar-refractivity contribution in [1.29, 1.82) is 0 Å². The van der Waals surface area contributed by atoms with Gasteiger partial charge in [0, 0.05) is 52.0 Å². The van der Waals surface area contributed by atoms with Crippen LogP contribution >= 0.6 is 0 Å². The van der Waals surface area contributed by atoms with Crippen molar-refractivity contribution in [1.82, 2.24) is 25.0 Å². The predicted molar refractivity (Wildman–Crippen MR) is 121 cm³/mol. The summed E-state index contributed by atoms with van der Waals surface area (Å²) in [5.74, 6) is 2.56. The molecule has 2 aromatic carbocycles. The average molecular weight is 450 g/mol. The third-order valence-corrected chi connectivity index (χ3v) is 6.30. The van der Waals surface area contributed by atoms with Gasteiger partial charge in [0.15, 0.2) is 0 Å². The van der Waals surface area contributed by atoms with Crippen molar-refractivity contribution < 1.29 is 13.9 Å². The van der Waals surface area contributed by atoms with Crippen molar-refractivity contribution in [2.24, 2.45) is 0 Å². The Morgan fingerprint density at radius 3 is 2.76 bits per heavy atom. The highest BCUT2D eigenvalue weighted by Crippen LogP contribution is 2.26. The van der Waals surface area contributed by atoms with Crippen LogP contribution in [0.2, 0.25) is 0 Å². The summed E-state index contributed by atoms with van der Waals surface area (Å²) in [6.45, 7) is 4.92. The molecule has 33 heavy (non-hydrogen) atoms. The Balaban J connectivity index is 1.12. The number of fused-ring (bicyclic) bond motifs is 2. The molecule has 2 aliphatic heterocycles. The maximum atomic E-state index is 13.0. The monoisotopic (exact) mass is 449 g/mol. The molecule has 3 heterocycles. The summed E-state index contributed by atoms with van der Waals surface area (Å²) in [5.41, 5.74) is 3.42. The first kappa shape index (κ1) is 21.6. The van der Waals surface area contributed by atoms with Gasteiger partial charge in [-0.05, 0) is 34.9 Å². The van der Waals surface area contributed by atoms with E-state index in [0.717, 1.165) is 68.6 Å². The molecule has 0 unspecified atom stereocenters. The molecule has 0 spiro atoms. The fourth-order valence-electron chi connectivity index (χ4n) is 4.53. The molecule has 1 N–H and O–H groups in total. The summed E-state index contributed by atoms with van der Waals surface area (Å²) in [6.07, 6.45) is 2.72. The zero-order valence-electron chi connectivity index (χ0n) is 18.6. The molecule has 0 fully saturated rings. The van der Waals surface area contributed by atoms with Gasteiger partial charge in [-0.15, -0.1) is 10.2 Å². The minimum Gasteiger partial charge on any atom is -0.493 e. The Morgan fingerprint density at radius 1 is 1.03 bits per heavy atom. The highest BCUT2D eigenvalue weighted by molar-refractivity contribution is 5.78. The number of carbonyl (C=O) groups is 1. The van der Waals surface area contributed by atoms with Gasteiger partial charge in [0.2, 0.25) is 5.91 Å². The lowest BCUT2D eigenvalue weighted by molar-refractivity contribution is -0.120. The lowest BCUT2D eigenvalue weighted by Crippen LogP contribution is -2.28. The molecule has 7 nitrogen and oxygen atoms in total. The zero-order valence-corrected chi connectivity index (χ0v) is 18.6. The van der Waals surface area contributed by atoms with E-state index < -0.39 is 0 Å². The van der Waals surface area contributed by atoms with Gasteiger partial charge in [-0.3, -0.25) is 9.69 Å². The predicted octanol–water partition coefficient (Wildman–Crippen LogP) is 2.31. The maximum absolute atomic E-state index is 13.0. The fraction of sp³-hybridized carbons (Fsp3) is 0.400. The number of nitrogens with zero attached hydrogens (tertiary/aromatic N) is 4. The Bertz CT molecular complexity index is 1130. The van der Waals surface area contributed by atoms with Crippen LogP contribution < -0.4 is 10.1 Å². The van der Waals surface area contributed by atoms with E-state index >= 15 is 0 Å². The number of rotatable bonds is 7. The van der Waals surface area contributed by atoms with Crippen LogP contribution in [-0.2, 0) is 43.6 Å². The van der Waals surface area contributed by atoms with E-state index in [9.17, 15) is 9.18 Å². The smallest absolute Gasteiger partial charge is 0.224 e. The molecular formula is C25H28FN5O2. The molecule has 0 saturated heterocycles. The minimum absolute atomic E-state index is 0.0804. The van der Waals surface area contributed by atoms with Gasteiger partial charge >= 0.3 is 0 Å². The summed E-state index contributed by atoms with van der Waals surface area (Å²) < 4.78 is 20.8. The van der Waals surface area contributed by atoms with Crippen molar-refractivity contribution in [3.05, 3.63) is 76.6 Å². The quantitative estimate of drug-likeness (QED) is 0.599. The molecule has 0 radical (unpaired) electrons. The molecule has 5 rings (SSSR count). The van der Waals surface area contributed by atoms with E-state index in [4.69, 9.17) is 4.74 Å². The molecule has 2 aliphatic rings. The molecule has 3 aromatic rings. The number of nitrogens with one attached hydrogen (secondary N) is 1. The van der Waals surface area contributed by atoms with Gasteiger partial charge in [0.1, 0.15) is 23.2 Å². The summed E-state index contributed by atoms with van der Waals surface area (Å²) in [4.78, 5) is 14.7. The van der Waals surface area contributed by atoms with Crippen LogP contribution in [0.3, 0.4) is 0 Å². The molecule has 1 amide bonds. The Morgan fingerprint density at radius 2 is 1.88 bits per heavy atom. The first-order valence-corrected chi connectivity index (χ1v) is 11.5. The van der Waals surface area contributed by atoms with Gasteiger partial charge in [-0.1, -0.05) is 24.3 Å². The van der Waals surface area contributed by atoms with Gasteiger partial charge in [-0.2, -0.15) is 0 Å². The van der Waals surface area contributed by atoms with E-state index in [0.29, 0.717) is 13.0 Å². The summed E-state index contributed by atoms with van der Waals surface area (Å²) in [6, 6.07) is 12.5. The van der Waals surface area contributed by atoms with E-state index in [1.807, 2.05) is 0 Å². The van der Waals surface area contributed by atoms with Gasteiger partial charge in [-0.25, -0.2) is 4.39 Å². The number of amides is 1. The Labute approximate surface area is 192 Å². The van der Waals surface area contributed by atoms with E-state index in [1.165, 1.54) is 23.3 Å². The fourth-order valence-corrected chi connectivity index (χ4v) is 4.53. The lowest BCUT2D eigenvalue weighted by atomic mass is 10.1. The van der Waals surface area contributed by atoms with E-state index in [2.05, 4.69) is 43.2 Å². The number of hydrogen-bond donors (Lipinski definition) is 1. The number of benzene rings is 2. The molecular weight excluding hydrogens is 421 g/mol. The van der Waals surface area contributed by atoms with Crippen LogP contribution in [0.1, 0.15) is 28.3 Å². The molecule has 172 valence electrons. The van der Waals surface area contributed by atoms with E-state index in [-0.39, 0.29) is 18.1 Å². The molecule has 0 bridgehead atoms. The summed E-state index contributed by atoms with van der Waals surface area (Å²) in [7, 11) is 0. The van der Waals surface area contributed by atoms with Crippen molar-refractivity contribution in [2.45, 2.75) is 38.8 Å². The highest BCUT2D eigenvalue weighted by Gasteiger charge is 2.20. The number of hydrogen-bond acceptors (Lipinski definition) is 5. The Hall–Kier alpha value is -3.26. The largest absolute Gasteiger partial charge is 0.493 e. The van der Waals surface area contributed by atoms with Gasteiger partial charge in [0.25, 0.3) is 0 Å². The second-order valence-corrected chi connectivity index (χ2v) is 8.65. The summed E-state index contributed by atoms with van der Waals surface area (Å²) in [5, 5.41) is 11.7. The molecule has 1 aromatic heterocycles. The first-order valence-electron chi connectivity index (χ1n) is 11.5. The van der Waals surface area contributed by atoms with Crippen LogP contribution in [0.5, 0.6) is 5.75 Å². The number of halogens is 1. The van der Waals surface area contributed by atoms with Crippen molar-refractivity contribution in [2.75, 3.05) is 26.2 Å². The number of ether oxygens (including phenoxy) is 1. The zero-order chi connectivity index (χ0) is 22.6. The van der Waals surface area contributed by atoms with Crippen LogP contribution in [0, 0.1) is 5.82 Å². The highest BCUT2D eigenvalue weighted by atomic mass is 19.1. The van der Waals surface area contributed by atoms with Crippen LogP contribution in [0.15, 0.2) is 42.5 Å². The molecule has 0 aliphatic carbocycles. The van der Waals surface area contributed by atoms with Crippen molar-refractivity contribution in [3.8, 4) is 5.75 Å². The molecule has 0 atom stereocenters. The minimum atomic E-state index is -0.299. The summed E-state index contributed by atoms with van der Waals surface area (Å²) >= 11 is 0. The SMILES string of the molecule is O=C(Cc1ccc(F)cc1)NCCc1nnc2n1CCN(Cc1ccc3c(c1)CCO3)CC2. The lowest BCUT2D eigenvalue weighted by Gasteiger charge is -2.20. The second-order valence-electron chi connectivity index (χ2n) is 8.65. The molecule has 8 heteroatoms. The standard InChI is InChI=1S/C25H28FN5O2/c26-21-4-1-18(2-5-21)16-25(32)27-10-7-23-28-29-24-8-11-30(12-13-31(23)24)17-19-3-6-22-20(15-19)9-14-33-22/h1-6,15H,7-14,16-17H2,(H,27,32).